The number of halogens is 3. The lowest BCUT2D eigenvalue weighted by Gasteiger charge is -2.11. The summed E-state index contributed by atoms with van der Waals surface area (Å²) in [4.78, 5) is 16.5. The molecule has 2 aromatic heterocycles. The van der Waals surface area contributed by atoms with E-state index in [0.717, 1.165) is 10.6 Å². The molecule has 9 heteroatoms. The molecule has 118 valence electrons. The predicted octanol–water partition coefficient (Wildman–Crippen LogP) is 5.59. The zero-order chi connectivity index (χ0) is 16.4. The minimum absolute atomic E-state index is 0.306. The molecule has 4 nitrogen and oxygen atoms in total. The van der Waals surface area contributed by atoms with E-state index >= 15 is 0 Å². The smallest absolute Gasteiger partial charge is 0.289 e. The van der Waals surface area contributed by atoms with E-state index in [4.69, 9.17) is 34.8 Å². The number of hydrogen-bond donors (Lipinski definition) is 2. The Balaban J connectivity index is 1.71. The van der Waals surface area contributed by atoms with Gasteiger partial charge in [0.25, 0.3) is 5.91 Å². The monoisotopic (exact) mass is 403 g/mol. The van der Waals surface area contributed by atoms with E-state index in [2.05, 4.69) is 15.8 Å². The second kappa shape index (κ2) is 7.07. The second-order valence-electron chi connectivity index (χ2n) is 4.37. The Kier molecular flexibility index (Phi) is 5.08. The fourth-order valence-corrected chi connectivity index (χ4v) is 4.17. The van der Waals surface area contributed by atoms with Gasteiger partial charge in [-0.05, 0) is 23.6 Å². The van der Waals surface area contributed by atoms with Crippen LogP contribution in [0.25, 0.3) is 10.6 Å². The number of nitrogens with zero attached hydrogens (tertiary/aromatic N) is 1. The Hall–Kier alpha value is -1.31. The molecule has 0 unspecified atom stereocenters. The van der Waals surface area contributed by atoms with Crippen molar-refractivity contribution in [1.82, 2.24) is 10.4 Å². The molecular weight excluding hydrogens is 397 g/mol. The highest BCUT2D eigenvalue weighted by Crippen LogP contribution is 2.33. The van der Waals surface area contributed by atoms with Crippen LogP contribution in [0.15, 0.2) is 34.3 Å². The predicted molar refractivity (Wildman–Crippen MR) is 98.0 cm³/mol. The van der Waals surface area contributed by atoms with Gasteiger partial charge < -0.3 is 0 Å². The van der Waals surface area contributed by atoms with Crippen molar-refractivity contribution < 1.29 is 4.79 Å². The van der Waals surface area contributed by atoms with Crippen molar-refractivity contribution in [2.45, 2.75) is 0 Å². The maximum atomic E-state index is 12.2. The zero-order valence-corrected chi connectivity index (χ0v) is 15.2. The maximum absolute atomic E-state index is 12.2. The molecule has 0 bridgehead atoms. The topological polar surface area (TPSA) is 54.0 Å². The molecule has 0 radical (unpaired) electrons. The highest BCUT2D eigenvalue weighted by atomic mass is 35.5. The molecule has 0 aliphatic heterocycles. The van der Waals surface area contributed by atoms with Crippen LogP contribution in [0.1, 0.15) is 10.5 Å². The van der Waals surface area contributed by atoms with Crippen molar-refractivity contribution in [3.63, 3.8) is 0 Å². The zero-order valence-electron chi connectivity index (χ0n) is 11.3. The molecule has 1 amide bonds. The van der Waals surface area contributed by atoms with Crippen LogP contribution in [0.3, 0.4) is 0 Å². The van der Waals surface area contributed by atoms with Gasteiger partial charge in [0.15, 0.2) is 0 Å². The van der Waals surface area contributed by atoms with Gasteiger partial charge in [-0.15, -0.1) is 11.3 Å². The molecule has 2 N–H and O–H groups in total. The first kappa shape index (κ1) is 16.5. The van der Waals surface area contributed by atoms with Crippen molar-refractivity contribution in [2.24, 2.45) is 0 Å². The Morgan fingerprint density at radius 3 is 2.52 bits per heavy atom. The molecule has 0 fully saturated rings. The number of rotatable bonds is 4. The van der Waals surface area contributed by atoms with Crippen LogP contribution in [0.2, 0.25) is 15.1 Å². The van der Waals surface area contributed by atoms with Gasteiger partial charge in [0.2, 0.25) is 0 Å². The van der Waals surface area contributed by atoms with Crippen molar-refractivity contribution in [3.8, 4) is 10.6 Å². The number of thiazole rings is 1. The Morgan fingerprint density at radius 1 is 1.13 bits per heavy atom. The number of anilines is 1. The summed E-state index contributed by atoms with van der Waals surface area (Å²) in [5.74, 6) is -0.384. The van der Waals surface area contributed by atoms with E-state index in [0.29, 0.717) is 26.4 Å². The average molecular weight is 405 g/mol. The minimum Gasteiger partial charge on any atom is -0.295 e. The van der Waals surface area contributed by atoms with Crippen molar-refractivity contribution in [2.75, 3.05) is 5.43 Å². The molecule has 3 aromatic rings. The van der Waals surface area contributed by atoms with Gasteiger partial charge in [-0.3, -0.25) is 15.6 Å². The lowest BCUT2D eigenvalue weighted by Crippen LogP contribution is -2.29. The first-order valence-electron chi connectivity index (χ1n) is 6.23. The highest BCUT2D eigenvalue weighted by Gasteiger charge is 2.14. The third kappa shape index (κ3) is 3.79. The van der Waals surface area contributed by atoms with Gasteiger partial charge in [0, 0.05) is 21.3 Å². The number of thiophene rings is 1. The number of aromatic nitrogens is 1. The quantitative estimate of drug-likeness (QED) is 0.557. The molecule has 3 rings (SSSR count). The van der Waals surface area contributed by atoms with E-state index in [1.165, 1.54) is 23.5 Å². The lowest BCUT2D eigenvalue weighted by atomic mass is 10.3. The lowest BCUT2D eigenvalue weighted by molar-refractivity contribution is 0.0958. The van der Waals surface area contributed by atoms with E-state index in [9.17, 15) is 4.79 Å². The van der Waals surface area contributed by atoms with Gasteiger partial charge in [-0.2, -0.15) is 11.3 Å². The molecule has 0 saturated carbocycles. The summed E-state index contributed by atoms with van der Waals surface area (Å²) in [5, 5.41) is 7.44. The molecule has 1 aromatic carbocycles. The van der Waals surface area contributed by atoms with Crippen LogP contribution in [0, 0.1) is 0 Å². The third-order valence-corrected chi connectivity index (χ3v) is 5.20. The number of hydrazine groups is 1. The third-order valence-electron chi connectivity index (χ3n) is 2.81. The molecular formula is C14H8Cl3N3OS2. The molecule has 2 heterocycles. The average Bonchev–Trinajstić information content (AvgIpc) is 3.17. The van der Waals surface area contributed by atoms with E-state index < -0.39 is 0 Å². The number of carbonyl (C=O) groups is 1. The fourth-order valence-electron chi connectivity index (χ4n) is 1.74. The molecule has 0 aliphatic rings. The van der Waals surface area contributed by atoms with E-state index in [-0.39, 0.29) is 5.91 Å². The van der Waals surface area contributed by atoms with Gasteiger partial charge in [-0.1, -0.05) is 34.8 Å². The van der Waals surface area contributed by atoms with Gasteiger partial charge in [0.1, 0.15) is 10.7 Å². The summed E-state index contributed by atoms with van der Waals surface area (Å²) >= 11 is 20.9. The van der Waals surface area contributed by atoms with Crippen LogP contribution < -0.4 is 10.9 Å². The number of hydrogen-bond acceptors (Lipinski definition) is 5. The summed E-state index contributed by atoms with van der Waals surface area (Å²) in [6.07, 6.45) is 0. The standard InChI is InChI=1S/C14H8Cl3N3OS2/c15-8-3-9(16)12(10(17)4-8)19-20-13(21)11-6-23-14(18-11)7-1-2-22-5-7/h1-6,19H,(H,20,21). The number of amides is 1. The Morgan fingerprint density at radius 2 is 1.87 bits per heavy atom. The molecule has 0 atom stereocenters. The Labute approximate surface area is 155 Å². The summed E-state index contributed by atoms with van der Waals surface area (Å²) in [6.45, 7) is 0. The summed E-state index contributed by atoms with van der Waals surface area (Å²) in [6, 6.07) is 5.01. The normalized spacial score (nSPS) is 10.6. The van der Waals surface area contributed by atoms with Crippen molar-refractivity contribution >= 4 is 69.1 Å². The maximum Gasteiger partial charge on any atom is 0.289 e. The first-order chi connectivity index (χ1) is 11.0. The molecule has 0 spiro atoms. The Bertz CT molecular complexity index is 826. The largest absolute Gasteiger partial charge is 0.295 e. The SMILES string of the molecule is O=C(NNc1c(Cl)cc(Cl)cc1Cl)c1csc(-c2ccsc2)n1. The van der Waals surface area contributed by atoms with Crippen LogP contribution in [0.4, 0.5) is 5.69 Å². The summed E-state index contributed by atoms with van der Waals surface area (Å²) in [5.41, 5.74) is 6.90. The van der Waals surface area contributed by atoms with Crippen LogP contribution >= 0.6 is 57.5 Å². The van der Waals surface area contributed by atoms with E-state index in [1.54, 1.807) is 16.7 Å². The van der Waals surface area contributed by atoms with Crippen molar-refractivity contribution in [1.29, 1.82) is 0 Å². The highest BCUT2D eigenvalue weighted by molar-refractivity contribution is 7.14. The van der Waals surface area contributed by atoms with Gasteiger partial charge in [0.05, 0.1) is 15.7 Å². The summed E-state index contributed by atoms with van der Waals surface area (Å²) in [7, 11) is 0. The number of carbonyl (C=O) groups excluding carboxylic acids is 1. The minimum atomic E-state index is -0.384. The number of benzene rings is 1. The van der Waals surface area contributed by atoms with Gasteiger partial charge >= 0.3 is 0 Å². The molecule has 23 heavy (non-hydrogen) atoms. The van der Waals surface area contributed by atoms with E-state index in [1.807, 2.05) is 16.8 Å². The van der Waals surface area contributed by atoms with Gasteiger partial charge in [-0.25, -0.2) is 4.98 Å². The van der Waals surface area contributed by atoms with Crippen LogP contribution in [-0.4, -0.2) is 10.9 Å². The second-order valence-corrected chi connectivity index (χ2v) is 7.26. The van der Waals surface area contributed by atoms with Crippen LogP contribution in [-0.2, 0) is 0 Å². The fraction of sp³-hybridized carbons (Fsp3) is 0. The summed E-state index contributed by atoms with van der Waals surface area (Å²) < 4.78 is 0. The number of nitrogens with one attached hydrogen (secondary N) is 2. The first-order valence-corrected chi connectivity index (χ1v) is 9.19. The van der Waals surface area contributed by atoms with Crippen LogP contribution in [0.5, 0.6) is 0 Å². The molecule has 0 saturated heterocycles. The van der Waals surface area contributed by atoms with Crippen molar-refractivity contribution in [3.05, 3.63) is 55.1 Å². The molecule has 0 aliphatic carbocycles.